The van der Waals surface area contributed by atoms with E-state index >= 15 is 0 Å². The number of rotatable bonds is 4. The summed E-state index contributed by atoms with van der Waals surface area (Å²) in [5.41, 5.74) is 6.58. The Labute approximate surface area is 130 Å². The lowest BCUT2D eigenvalue weighted by atomic mass is 9.77. The number of hydrogen-bond donors (Lipinski definition) is 2. The molecule has 21 heavy (non-hydrogen) atoms. The third-order valence-corrected chi connectivity index (χ3v) is 5.39. The van der Waals surface area contributed by atoms with Gasteiger partial charge in [0.15, 0.2) is 0 Å². The first kappa shape index (κ1) is 17.2. The van der Waals surface area contributed by atoms with Crippen LogP contribution in [0.5, 0.6) is 0 Å². The average molecular weight is 297 g/mol. The van der Waals surface area contributed by atoms with Crippen LogP contribution in [0.3, 0.4) is 0 Å². The van der Waals surface area contributed by atoms with Crippen molar-refractivity contribution in [3.8, 4) is 0 Å². The summed E-state index contributed by atoms with van der Waals surface area (Å²) in [5, 5.41) is 10.0. The van der Waals surface area contributed by atoms with Crippen LogP contribution in [0.4, 0.5) is 0 Å². The fraction of sp³-hybridized carbons (Fsp3) is 1.00. The van der Waals surface area contributed by atoms with Gasteiger partial charge in [0.1, 0.15) is 6.23 Å². The minimum absolute atomic E-state index is 0.168. The number of aliphatic hydroxyl groups excluding tert-OH is 1. The van der Waals surface area contributed by atoms with Crippen LogP contribution in [0.2, 0.25) is 0 Å². The molecule has 4 heteroatoms. The Morgan fingerprint density at radius 1 is 1.05 bits per heavy atom. The van der Waals surface area contributed by atoms with Crippen molar-refractivity contribution in [2.75, 3.05) is 19.6 Å². The van der Waals surface area contributed by atoms with Crippen LogP contribution in [0.1, 0.15) is 66.2 Å². The van der Waals surface area contributed by atoms with Crippen molar-refractivity contribution in [1.82, 2.24) is 9.80 Å². The fourth-order valence-corrected chi connectivity index (χ4v) is 4.67. The molecule has 0 amide bonds. The van der Waals surface area contributed by atoms with Gasteiger partial charge in [-0.1, -0.05) is 0 Å². The lowest BCUT2D eigenvalue weighted by molar-refractivity contribution is -0.0488. The van der Waals surface area contributed by atoms with E-state index in [1.807, 2.05) is 0 Å². The highest BCUT2D eigenvalue weighted by atomic mass is 16.3. The van der Waals surface area contributed by atoms with Gasteiger partial charge in [-0.3, -0.25) is 9.80 Å². The van der Waals surface area contributed by atoms with E-state index in [9.17, 15) is 5.11 Å². The first-order chi connectivity index (χ1) is 9.72. The standard InChI is InChI=1S/C17H35N3O/c1-16(2)12-14(18)13-17(3,4)20(16)11-7-10-19-9-6-5-8-15(19)21/h14-15,21H,5-13,18H2,1-4H3. The molecule has 0 aromatic rings. The molecule has 0 aromatic carbocycles. The molecule has 4 nitrogen and oxygen atoms in total. The van der Waals surface area contributed by atoms with E-state index in [0.29, 0.717) is 6.04 Å². The van der Waals surface area contributed by atoms with Crippen LogP contribution in [-0.4, -0.2) is 57.9 Å². The highest BCUT2D eigenvalue weighted by molar-refractivity contribution is 5.01. The number of hydrogen-bond acceptors (Lipinski definition) is 4. The zero-order chi connectivity index (χ0) is 15.7. The molecular formula is C17H35N3O. The van der Waals surface area contributed by atoms with Gasteiger partial charge in [0.25, 0.3) is 0 Å². The number of likely N-dealkylation sites (tertiary alicyclic amines) is 2. The summed E-state index contributed by atoms with van der Waals surface area (Å²) < 4.78 is 0. The summed E-state index contributed by atoms with van der Waals surface area (Å²) >= 11 is 0. The van der Waals surface area contributed by atoms with Crippen LogP contribution in [-0.2, 0) is 0 Å². The molecule has 3 N–H and O–H groups in total. The molecule has 2 aliphatic heterocycles. The molecule has 0 bridgehead atoms. The van der Waals surface area contributed by atoms with E-state index in [1.54, 1.807) is 0 Å². The van der Waals surface area contributed by atoms with E-state index in [4.69, 9.17) is 5.73 Å². The Kier molecular flexibility index (Phi) is 5.35. The summed E-state index contributed by atoms with van der Waals surface area (Å²) in [4.78, 5) is 4.89. The van der Waals surface area contributed by atoms with E-state index < -0.39 is 0 Å². The summed E-state index contributed by atoms with van der Waals surface area (Å²) in [6.45, 7) is 12.4. The number of nitrogens with zero attached hydrogens (tertiary/aromatic N) is 2. The highest BCUT2D eigenvalue weighted by Crippen LogP contribution is 2.37. The Morgan fingerprint density at radius 3 is 2.24 bits per heavy atom. The third-order valence-electron chi connectivity index (χ3n) is 5.39. The van der Waals surface area contributed by atoms with Gasteiger partial charge in [-0.05, 0) is 66.2 Å². The van der Waals surface area contributed by atoms with Crippen LogP contribution in [0.15, 0.2) is 0 Å². The molecule has 2 fully saturated rings. The number of nitrogens with two attached hydrogens (primary N) is 1. The van der Waals surface area contributed by atoms with Crippen molar-refractivity contribution in [1.29, 1.82) is 0 Å². The van der Waals surface area contributed by atoms with E-state index in [-0.39, 0.29) is 17.3 Å². The van der Waals surface area contributed by atoms with Crippen molar-refractivity contribution in [2.24, 2.45) is 5.73 Å². The molecular weight excluding hydrogens is 262 g/mol. The van der Waals surface area contributed by atoms with Gasteiger partial charge in [-0.25, -0.2) is 0 Å². The fourth-order valence-electron chi connectivity index (χ4n) is 4.67. The highest BCUT2D eigenvalue weighted by Gasteiger charge is 2.43. The molecule has 1 atom stereocenters. The van der Waals surface area contributed by atoms with E-state index in [1.165, 1.54) is 12.8 Å². The van der Waals surface area contributed by atoms with Crippen molar-refractivity contribution >= 4 is 0 Å². The first-order valence-corrected chi connectivity index (χ1v) is 8.68. The van der Waals surface area contributed by atoms with Gasteiger partial charge in [-0.2, -0.15) is 0 Å². The van der Waals surface area contributed by atoms with Gasteiger partial charge < -0.3 is 10.8 Å². The maximum atomic E-state index is 10.0. The SMILES string of the molecule is CC1(C)CC(N)CC(C)(C)N1CCCN1CCCCC1O. The van der Waals surface area contributed by atoms with Crippen molar-refractivity contribution in [3.05, 3.63) is 0 Å². The molecule has 124 valence electrons. The molecule has 1 unspecified atom stereocenters. The average Bonchev–Trinajstić information content (AvgIpc) is 2.32. The number of piperidine rings is 2. The molecule has 0 spiro atoms. The quantitative estimate of drug-likeness (QED) is 0.835. The van der Waals surface area contributed by atoms with E-state index in [0.717, 1.165) is 45.3 Å². The van der Waals surface area contributed by atoms with E-state index in [2.05, 4.69) is 37.5 Å². The smallest absolute Gasteiger partial charge is 0.107 e. The molecule has 0 saturated carbocycles. The van der Waals surface area contributed by atoms with Gasteiger partial charge in [-0.15, -0.1) is 0 Å². The van der Waals surface area contributed by atoms with Gasteiger partial charge in [0, 0.05) is 36.8 Å². The predicted octanol–water partition coefficient (Wildman–Crippen LogP) is 2.16. The second-order valence-corrected chi connectivity index (χ2v) is 8.31. The zero-order valence-corrected chi connectivity index (χ0v) is 14.4. The maximum absolute atomic E-state index is 10.0. The Bertz CT molecular complexity index is 325. The summed E-state index contributed by atoms with van der Waals surface area (Å²) in [6, 6.07) is 0.315. The monoisotopic (exact) mass is 297 g/mol. The van der Waals surface area contributed by atoms with Crippen molar-refractivity contribution < 1.29 is 5.11 Å². The maximum Gasteiger partial charge on any atom is 0.107 e. The Morgan fingerprint density at radius 2 is 1.67 bits per heavy atom. The summed E-state index contributed by atoms with van der Waals surface area (Å²) in [5.74, 6) is 0. The molecule has 0 aliphatic carbocycles. The Hall–Kier alpha value is -0.160. The van der Waals surface area contributed by atoms with Crippen LogP contribution in [0, 0.1) is 0 Å². The molecule has 0 aromatic heterocycles. The molecule has 2 saturated heterocycles. The van der Waals surface area contributed by atoms with Gasteiger partial charge in [0.05, 0.1) is 0 Å². The molecule has 0 radical (unpaired) electrons. The topological polar surface area (TPSA) is 52.7 Å². The molecule has 2 rings (SSSR count). The second kappa shape index (κ2) is 6.53. The predicted molar refractivity (Wildman–Crippen MR) is 88.1 cm³/mol. The normalized spacial score (nSPS) is 31.4. The Balaban J connectivity index is 1.88. The van der Waals surface area contributed by atoms with Crippen LogP contribution in [0.25, 0.3) is 0 Å². The number of aliphatic hydroxyl groups is 1. The van der Waals surface area contributed by atoms with Crippen molar-refractivity contribution in [2.45, 2.75) is 89.6 Å². The second-order valence-electron chi connectivity index (χ2n) is 8.31. The lowest BCUT2D eigenvalue weighted by Crippen LogP contribution is -2.63. The van der Waals surface area contributed by atoms with Crippen LogP contribution >= 0.6 is 0 Å². The summed E-state index contributed by atoms with van der Waals surface area (Å²) in [6.07, 6.45) is 6.39. The third kappa shape index (κ3) is 4.19. The largest absolute Gasteiger partial charge is 0.378 e. The van der Waals surface area contributed by atoms with Crippen molar-refractivity contribution in [3.63, 3.8) is 0 Å². The first-order valence-electron chi connectivity index (χ1n) is 8.68. The molecule has 2 aliphatic rings. The molecule has 2 heterocycles. The summed E-state index contributed by atoms with van der Waals surface area (Å²) in [7, 11) is 0. The minimum atomic E-state index is -0.213. The van der Waals surface area contributed by atoms with Gasteiger partial charge >= 0.3 is 0 Å². The zero-order valence-electron chi connectivity index (χ0n) is 14.4. The lowest BCUT2D eigenvalue weighted by Gasteiger charge is -2.55. The van der Waals surface area contributed by atoms with Crippen LogP contribution < -0.4 is 5.73 Å². The van der Waals surface area contributed by atoms with Gasteiger partial charge in [0.2, 0.25) is 0 Å². The minimum Gasteiger partial charge on any atom is -0.378 e.